The number of rotatable bonds is 6. The summed E-state index contributed by atoms with van der Waals surface area (Å²) in [6, 6.07) is 2.58. The zero-order valence-corrected chi connectivity index (χ0v) is 12.9. The van der Waals surface area contributed by atoms with E-state index in [-0.39, 0.29) is 0 Å². The Balaban J connectivity index is 2.04. The Morgan fingerprint density at radius 3 is 2.68 bits per heavy atom. The van der Waals surface area contributed by atoms with Gasteiger partial charge in [0.15, 0.2) is 0 Å². The van der Waals surface area contributed by atoms with Crippen LogP contribution in [0.4, 0.5) is 11.6 Å². The maximum atomic E-state index is 4.58. The molecule has 2 unspecified atom stereocenters. The third kappa shape index (κ3) is 4.00. The molecule has 1 aromatic heterocycles. The Hall–Kier alpha value is -0.970. The van der Waals surface area contributed by atoms with Crippen LogP contribution in [0.15, 0.2) is 6.07 Å². The van der Waals surface area contributed by atoms with Crippen molar-refractivity contribution in [3.63, 3.8) is 0 Å². The van der Waals surface area contributed by atoms with Crippen molar-refractivity contribution in [2.75, 3.05) is 23.4 Å². The predicted octanol–water partition coefficient (Wildman–Crippen LogP) is 3.17. The van der Waals surface area contributed by atoms with Gasteiger partial charge in [-0.1, -0.05) is 6.92 Å². The molecular formula is C14H24N4S. The van der Waals surface area contributed by atoms with Gasteiger partial charge < -0.3 is 10.6 Å². The molecule has 2 atom stereocenters. The number of hydrogen-bond acceptors (Lipinski definition) is 5. The normalized spacial score (nSPS) is 22.5. The van der Waals surface area contributed by atoms with Crippen LogP contribution in [-0.4, -0.2) is 34.1 Å². The van der Waals surface area contributed by atoms with Gasteiger partial charge in [0.25, 0.3) is 0 Å². The molecule has 1 aliphatic carbocycles. The first kappa shape index (κ1) is 14.4. The van der Waals surface area contributed by atoms with Crippen molar-refractivity contribution in [2.45, 2.75) is 50.8 Å². The highest BCUT2D eigenvalue weighted by Gasteiger charge is 2.24. The topological polar surface area (TPSA) is 49.8 Å². The number of thioether (sulfide) groups is 1. The lowest BCUT2D eigenvalue weighted by Crippen LogP contribution is -2.18. The average Bonchev–Trinajstić information content (AvgIpc) is 2.86. The summed E-state index contributed by atoms with van der Waals surface area (Å²) in [5.41, 5.74) is 0. The summed E-state index contributed by atoms with van der Waals surface area (Å²) in [6.45, 7) is 5.06. The van der Waals surface area contributed by atoms with Crippen molar-refractivity contribution in [1.29, 1.82) is 0 Å². The van der Waals surface area contributed by atoms with Gasteiger partial charge in [-0.2, -0.15) is 11.8 Å². The molecule has 4 nitrogen and oxygen atoms in total. The van der Waals surface area contributed by atoms with Crippen LogP contribution in [0.1, 0.15) is 38.9 Å². The standard InChI is InChI=1S/C14H24N4S/c1-4-12-17-13(15-5-2)9-14(18-12)16-10-6-7-11(8-10)19-3/h9-11H,4-8H2,1-3H3,(H2,15,16,17,18). The summed E-state index contributed by atoms with van der Waals surface area (Å²) in [4.78, 5) is 9.06. The van der Waals surface area contributed by atoms with Crippen molar-refractivity contribution in [3.05, 3.63) is 11.9 Å². The fourth-order valence-corrected chi connectivity index (χ4v) is 3.29. The second-order valence-electron chi connectivity index (χ2n) is 4.95. The molecule has 0 bridgehead atoms. The second-order valence-corrected chi connectivity index (χ2v) is 6.09. The number of nitrogens with one attached hydrogen (secondary N) is 2. The second kappa shape index (κ2) is 6.98. The van der Waals surface area contributed by atoms with Gasteiger partial charge in [0.05, 0.1) is 0 Å². The van der Waals surface area contributed by atoms with Crippen molar-refractivity contribution in [2.24, 2.45) is 0 Å². The van der Waals surface area contributed by atoms with E-state index < -0.39 is 0 Å². The summed E-state index contributed by atoms with van der Waals surface area (Å²) < 4.78 is 0. The van der Waals surface area contributed by atoms with Crippen molar-refractivity contribution in [3.8, 4) is 0 Å². The highest BCUT2D eigenvalue weighted by molar-refractivity contribution is 7.99. The first-order valence-electron chi connectivity index (χ1n) is 7.16. The molecule has 1 saturated carbocycles. The highest BCUT2D eigenvalue weighted by atomic mass is 32.2. The molecule has 1 heterocycles. The van der Waals surface area contributed by atoms with Crippen LogP contribution in [0.5, 0.6) is 0 Å². The van der Waals surface area contributed by atoms with Crippen molar-refractivity contribution in [1.82, 2.24) is 9.97 Å². The van der Waals surface area contributed by atoms with Crippen molar-refractivity contribution >= 4 is 23.4 Å². The maximum absolute atomic E-state index is 4.58. The highest BCUT2D eigenvalue weighted by Crippen LogP contribution is 2.30. The van der Waals surface area contributed by atoms with Crippen LogP contribution < -0.4 is 10.6 Å². The molecule has 2 N–H and O–H groups in total. The molecule has 0 spiro atoms. The smallest absolute Gasteiger partial charge is 0.132 e. The summed E-state index contributed by atoms with van der Waals surface area (Å²) in [7, 11) is 0. The molecule has 19 heavy (non-hydrogen) atoms. The lowest BCUT2D eigenvalue weighted by atomic mass is 10.2. The summed E-state index contributed by atoms with van der Waals surface area (Å²) in [5, 5.41) is 7.65. The molecule has 0 aliphatic heterocycles. The van der Waals surface area contributed by atoms with Gasteiger partial charge in [-0.25, -0.2) is 9.97 Å². The van der Waals surface area contributed by atoms with E-state index in [1.54, 1.807) is 0 Å². The van der Waals surface area contributed by atoms with Crippen LogP contribution in [0, 0.1) is 0 Å². The fourth-order valence-electron chi connectivity index (χ4n) is 2.50. The molecule has 1 fully saturated rings. The Labute approximate surface area is 120 Å². The first-order valence-corrected chi connectivity index (χ1v) is 8.45. The molecule has 2 rings (SSSR count). The molecule has 1 aromatic rings. The number of aromatic nitrogens is 2. The van der Waals surface area contributed by atoms with E-state index in [0.717, 1.165) is 35.7 Å². The number of nitrogens with zero attached hydrogens (tertiary/aromatic N) is 2. The Morgan fingerprint density at radius 2 is 2.05 bits per heavy atom. The molecule has 0 radical (unpaired) electrons. The summed E-state index contributed by atoms with van der Waals surface area (Å²) >= 11 is 1.98. The van der Waals surface area contributed by atoms with E-state index in [2.05, 4.69) is 40.7 Å². The number of aryl methyl sites for hydroxylation is 1. The van der Waals surface area contributed by atoms with E-state index in [1.807, 2.05) is 17.8 Å². The summed E-state index contributed by atoms with van der Waals surface area (Å²) in [5.74, 6) is 2.80. The lowest BCUT2D eigenvalue weighted by Gasteiger charge is -2.15. The average molecular weight is 280 g/mol. The molecule has 0 saturated heterocycles. The maximum Gasteiger partial charge on any atom is 0.132 e. The number of hydrogen-bond donors (Lipinski definition) is 2. The third-order valence-corrected chi connectivity index (χ3v) is 4.61. The Morgan fingerprint density at radius 1 is 1.26 bits per heavy atom. The van der Waals surface area contributed by atoms with E-state index >= 15 is 0 Å². The van der Waals surface area contributed by atoms with E-state index in [1.165, 1.54) is 19.3 Å². The molecular weight excluding hydrogens is 256 g/mol. The van der Waals surface area contributed by atoms with Crippen molar-refractivity contribution < 1.29 is 0 Å². The van der Waals surface area contributed by atoms with E-state index in [0.29, 0.717) is 6.04 Å². The molecule has 5 heteroatoms. The minimum atomic E-state index is 0.562. The van der Waals surface area contributed by atoms with Gasteiger partial charge in [0.2, 0.25) is 0 Å². The monoisotopic (exact) mass is 280 g/mol. The minimum absolute atomic E-state index is 0.562. The largest absolute Gasteiger partial charge is 0.370 e. The SMILES string of the molecule is CCNc1cc(NC2CCC(SC)C2)nc(CC)n1. The van der Waals surface area contributed by atoms with Crippen LogP contribution in [-0.2, 0) is 6.42 Å². The molecule has 0 amide bonds. The lowest BCUT2D eigenvalue weighted by molar-refractivity contribution is 0.748. The Bertz CT molecular complexity index is 410. The zero-order chi connectivity index (χ0) is 13.7. The van der Waals surface area contributed by atoms with Gasteiger partial charge in [-0.15, -0.1) is 0 Å². The predicted molar refractivity (Wildman–Crippen MR) is 84.1 cm³/mol. The minimum Gasteiger partial charge on any atom is -0.370 e. The molecule has 0 aromatic carbocycles. The van der Waals surface area contributed by atoms with E-state index in [9.17, 15) is 0 Å². The molecule has 1 aliphatic rings. The van der Waals surface area contributed by atoms with Crippen LogP contribution in [0.25, 0.3) is 0 Å². The van der Waals surface area contributed by atoms with Crippen LogP contribution >= 0.6 is 11.8 Å². The van der Waals surface area contributed by atoms with Gasteiger partial charge in [0, 0.05) is 30.3 Å². The van der Waals surface area contributed by atoms with Gasteiger partial charge in [0.1, 0.15) is 17.5 Å². The van der Waals surface area contributed by atoms with Gasteiger partial charge in [-0.05, 0) is 32.4 Å². The quantitative estimate of drug-likeness (QED) is 0.838. The number of anilines is 2. The zero-order valence-electron chi connectivity index (χ0n) is 12.1. The van der Waals surface area contributed by atoms with Crippen LogP contribution in [0.2, 0.25) is 0 Å². The Kier molecular flexibility index (Phi) is 5.31. The van der Waals surface area contributed by atoms with E-state index in [4.69, 9.17) is 0 Å². The van der Waals surface area contributed by atoms with Crippen LogP contribution in [0.3, 0.4) is 0 Å². The van der Waals surface area contributed by atoms with Gasteiger partial charge in [-0.3, -0.25) is 0 Å². The first-order chi connectivity index (χ1) is 9.25. The molecule has 106 valence electrons. The fraction of sp³-hybridized carbons (Fsp3) is 0.714. The van der Waals surface area contributed by atoms with Gasteiger partial charge >= 0.3 is 0 Å². The summed E-state index contributed by atoms with van der Waals surface area (Å²) in [6.07, 6.45) is 6.86. The third-order valence-electron chi connectivity index (χ3n) is 3.52.